The van der Waals surface area contributed by atoms with Crippen LogP contribution in [0.2, 0.25) is 0 Å². The molecule has 0 saturated heterocycles. The molecule has 0 bridgehead atoms. The molecule has 1 aromatic carbocycles. The minimum Gasteiger partial charge on any atom is -0.493 e. The van der Waals surface area contributed by atoms with Gasteiger partial charge in [0, 0.05) is 18.9 Å². The molecular weight excluding hydrogens is 412 g/mol. The average Bonchev–Trinajstić information content (AvgIpc) is 2.84. The van der Waals surface area contributed by atoms with E-state index in [0.29, 0.717) is 32.0 Å². The number of aliphatic hydroxyl groups excluding tert-OH is 2. The minimum absolute atomic E-state index is 0.00561. The van der Waals surface area contributed by atoms with E-state index in [1.54, 1.807) is 0 Å². The van der Waals surface area contributed by atoms with Crippen molar-refractivity contribution in [3.05, 3.63) is 48.1 Å². The minimum atomic E-state index is -0.00561. The van der Waals surface area contributed by atoms with Crippen molar-refractivity contribution >= 4 is 0 Å². The highest BCUT2D eigenvalue weighted by atomic mass is 16.5. The van der Waals surface area contributed by atoms with Crippen molar-refractivity contribution in [3.63, 3.8) is 0 Å². The second kappa shape index (κ2) is 16.0. The Balaban J connectivity index is 1.94. The Morgan fingerprint density at radius 1 is 0.818 bits per heavy atom. The van der Waals surface area contributed by atoms with Crippen LogP contribution in [0.15, 0.2) is 42.5 Å². The summed E-state index contributed by atoms with van der Waals surface area (Å²) in [4.78, 5) is 0. The normalized spacial score (nSPS) is 18.2. The number of hydrogen-bond acceptors (Lipinski definition) is 4. The van der Waals surface area contributed by atoms with E-state index in [2.05, 4.69) is 32.2 Å². The van der Waals surface area contributed by atoms with E-state index in [4.69, 9.17) is 19.7 Å². The summed E-state index contributed by atoms with van der Waals surface area (Å²) in [6, 6.07) is 6.27. The van der Waals surface area contributed by atoms with Gasteiger partial charge >= 0.3 is 0 Å². The zero-order chi connectivity index (χ0) is 23.9. The lowest BCUT2D eigenvalue weighted by atomic mass is 9.77. The maximum absolute atomic E-state index is 9.17. The number of unbranched alkanes of at least 4 members (excludes halogenated alkanes) is 4. The van der Waals surface area contributed by atoms with Gasteiger partial charge in [0.25, 0.3) is 0 Å². The zero-order valence-electron chi connectivity index (χ0n) is 20.8. The fraction of sp³-hybridized carbons (Fsp3) is 0.655. The lowest BCUT2D eigenvalue weighted by Gasteiger charge is -2.29. The monoisotopic (exact) mass is 458 g/mol. The molecule has 0 aromatic heterocycles. The molecule has 1 aliphatic rings. The molecule has 1 fully saturated rings. The third-order valence-corrected chi connectivity index (χ3v) is 6.83. The Labute approximate surface area is 201 Å². The average molecular weight is 459 g/mol. The molecule has 2 N–H and O–H groups in total. The number of hydrogen-bond donors (Lipinski definition) is 2. The molecule has 4 nitrogen and oxygen atoms in total. The van der Waals surface area contributed by atoms with E-state index < -0.39 is 0 Å². The summed E-state index contributed by atoms with van der Waals surface area (Å²) in [6.45, 7) is 10.9. The maximum Gasteiger partial charge on any atom is 0.123 e. The van der Waals surface area contributed by atoms with Gasteiger partial charge in [-0.15, -0.1) is 0 Å². The number of benzene rings is 1. The van der Waals surface area contributed by atoms with Gasteiger partial charge in [0.15, 0.2) is 0 Å². The summed E-state index contributed by atoms with van der Waals surface area (Å²) >= 11 is 0. The van der Waals surface area contributed by atoms with Crippen LogP contribution in [0.5, 0.6) is 11.5 Å². The summed E-state index contributed by atoms with van der Waals surface area (Å²) in [5.41, 5.74) is 2.85. The molecular formula is C29H46O4. The Hall–Kier alpha value is -1.78. The van der Waals surface area contributed by atoms with Gasteiger partial charge in [-0.2, -0.15) is 0 Å². The smallest absolute Gasteiger partial charge is 0.123 e. The van der Waals surface area contributed by atoms with Gasteiger partial charge in [0.2, 0.25) is 0 Å². The van der Waals surface area contributed by atoms with Crippen LogP contribution in [-0.2, 0) is 0 Å². The second-order valence-electron chi connectivity index (χ2n) is 9.67. The van der Waals surface area contributed by atoms with Crippen molar-refractivity contribution in [2.24, 2.45) is 5.92 Å². The van der Waals surface area contributed by atoms with Crippen molar-refractivity contribution in [3.8, 4) is 11.5 Å². The first-order valence-electron chi connectivity index (χ1n) is 13.0. The van der Waals surface area contributed by atoms with Gasteiger partial charge in [-0.3, -0.25) is 0 Å². The van der Waals surface area contributed by atoms with Crippen LogP contribution in [-0.4, -0.2) is 36.6 Å². The Morgan fingerprint density at radius 3 is 1.88 bits per heavy atom. The molecule has 0 unspecified atom stereocenters. The lowest BCUT2D eigenvalue weighted by molar-refractivity contribution is 0.281. The largest absolute Gasteiger partial charge is 0.493 e. The third-order valence-electron chi connectivity index (χ3n) is 6.83. The van der Waals surface area contributed by atoms with Gasteiger partial charge in [0.05, 0.1) is 26.4 Å². The first-order valence-corrected chi connectivity index (χ1v) is 13.0. The molecule has 0 radical (unpaired) electrons. The van der Waals surface area contributed by atoms with E-state index in [-0.39, 0.29) is 13.2 Å². The standard InChI is InChI=1S/C29H46O4/c1-4-5-6-7-8-9-25-10-12-26(13-11-25)27-18-28(32-16-14-23(2)21-30)20-29(19-27)33-17-15-24(3)22-31/h18-20,25-26,30-31H,2-17,21-22H2,1H3. The molecule has 0 atom stereocenters. The van der Waals surface area contributed by atoms with Crippen molar-refractivity contribution < 1.29 is 19.7 Å². The summed E-state index contributed by atoms with van der Waals surface area (Å²) in [6.07, 6.45) is 14.6. The van der Waals surface area contributed by atoms with E-state index in [0.717, 1.165) is 28.6 Å². The molecule has 2 rings (SSSR count). The SMILES string of the molecule is C=C(CO)CCOc1cc(OCCC(=C)CO)cc(C2CCC(CCCCCCC)CC2)c1. The molecule has 1 saturated carbocycles. The molecule has 1 aliphatic carbocycles. The molecule has 0 heterocycles. The Kier molecular flexibility index (Phi) is 13.3. The number of ether oxygens (including phenoxy) is 2. The molecule has 0 aliphatic heterocycles. The topological polar surface area (TPSA) is 58.9 Å². The van der Waals surface area contributed by atoms with Gasteiger partial charge in [0.1, 0.15) is 11.5 Å². The Bertz CT molecular complexity index is 663. The maximum atomic E-state index is 9.17. The van der Waals surface area contributed by atoms with Crippen LogP contribution in [0.4, 0.5) is 0 Å². The lowest BCUT2D eigenvalue weighted by Crippen LogP contribution is -2.14. The van der Waals surface area contributed by atoms with Crippen LogP contribution >= 0.6 is 0 Å². The van der Waals surface area contributed by atoms with Crippen LogP contribution < -0.4 is 9.47 Å². The highest BCUT2D eigenvalue weighted by Crippen LogP contribution is 2.40. The van der Waals surface area contributed by atoms with E-state index in [1.807, 2.05) is 6.07 Å². The van der Waals surface area contributed by atoms with Gasteiger partial charge in [-0.1, -0.05) is 58.6 Å². The van der Waals surface area contributed by atoms with Crippen LogP contribution in [0, 0.1) is 5.92 Å². The quantitative estimate of drug-likeness (QED) is 0.196. The highest BCUT2D eigenvalue weighted by molar-refractivity contribution is 5.40. The summed E-state index contributed by atoms with van der Waals surface area (Å²) < 4.78 is 12.0. The first-order chi connectivity index (χ1) is 16.0. The van der Waals surface area contributed by atoms with E-state index >= 15 is 0 Å². The summed E-state index contributed by atoms with van der Waals surface area (Å²) in [7, 11) is 0. The van der Waals surface area contributed by atoms with Crippen molar-refractivity contribution in [2.75, 3.05) is 26.4 Å². The molecule has 186 valence electrons. The fourth-order valence-electron chi connectivity index (χ4n) is 4.60. The summed E-state index contributed by atoms with van der Waals surface area (Å²) in [5, 5.41) is 18.3. The van der Waals surface area contributed by atoms with Crippen LogP contribution in [0.3, 0.4) is 0 Å². The first kappa shape index (κ1) is 27.5. The van der Waals surface area contributed by atoms with E-state index in [9.17, 15) is 0 Å². The molecule has 1 aromatic rings. The zero-order valence-corrected chi connectivity index (χ0v) is 20.8. The van der Waals surface area contributed by atoms with Crippen molar-refractivity contribution in [2.45, 2.75) is 89.9 Å². The predicted molar refractivity (Wildman–Crippen MR) is 137 cm³/mol. The van der Waals surface area contributed by atoms with Crippen molar-refractivity contribution in [1.29, 1.82) is 0 Å². The van der Waals surface area contributed by atoms with Gasteiger partial charge in [-0.05, 0) is 66.4 Å². The molecule has 0 spiro atoms. The number of rotatable bonds is 17. The summed E-state index contributed by atoms with van der Waals surface area (Å²) in [5.74, 6) is 3.05. The molecule has 0 amide bonds. The van der Waals surface area contributed by atoms with Crippen molar-refractivity contribution in [1.82, 2.24) is 0 Å². The highest BCUT2D eigenvalue weighted by Gasteiger charge is 2.23. The van der Waals surface area contributed by atoms with Gasteiger partial charge < -0.3 is 19.7 Å². The Morgan fingerprint density at radius 2 is 1.36 bits per heavy atom. The van der Waals surface area contributed by atoms with Crippen LogP contribution in [0.25, 0.3) is 0 Å². The van der Waals surface area contributed by atoms with Crippen LogP contribution in [0.1, 0.15) is 95.5 Å². The molecule has 4 heteroatoms. The van der Waals surface area contributed by atoms with Gasteiger partial charge in [-0.25, -0.2) is 0 Å². The fourth-order valence-corrected chi connectivity index (χ4v) is 4.60. The molecule has 33 heavy (non-hydrogen) atoms. The van der Waals surface area contributed by atoms with E-state index in [1.165, 1.54) is 69.8 Å². The number of aliphatic hydroxyl groups is 2. The third kappa shape index (κ3) is 10.8. The second-order valence-corrected chi connectivity index (χ2v) is 9.67. The predicted octanol–water partition coefficient (Wildman–Crippen LogP) is 6.96.